The molecule has 1 aromatic rings. The number of anilines is 1. The average Bonchev–Trinajstić information content (AvgIpc) is 2.21. The lowest BCUT2D eigenvalue weighted by molar-refractivity contribution is 0.255. The van der Waals surface area contributed by atoms with Crippen LogP contribution in [0.3, 0.4) is 0 Å². The van der Waals surface area contributed by atoms with Crippen LogP contribution in [0.25, 0.3) is 0 Å². The van der Waals surface area contributed by atoms with Crippen LogP contribution in [0.15, 0.2) is 33.9 Å². The summed E-state index contributed by atoms with van der Waals surface area (Å²) < 4.78 is -0.215. The van der Waals surface area contributed by atoms with Gasteiger partial charge in [0.05, 0.1) is 0 Å². The summed E-state index contributed by atoms with van der Waals surface area (Å²) in [7, 11) is 0. The van der Waals surface area contributed by atoms with Crippen molar-refractivity contribution in [3.63, 3.8) is 0 Å². The SMILES string of the molecule is O=C(NC(Cl)=C(Cl)Cl)Nc1ccc(Cl)cc1. The quantitative estimate of drug-likeness (QED) is 0.785. The Morgan fingerprint density at radius 3 is 2.12 bits per heavy atom. The number of hydrogen-bond acceptors (Lipinski definition) is 1. The second-order valence-electron chi connectivity index (χ2n) is 2.66. The largest absolute Gasteiger partial charge is 0.324 e. The average molecular weight is 300 g/mol. The van der Waals surface area contributed by atoms with Gasteiger partial charge in [0.1, 0.15) is 9.65 Å². The Kier molecular flexibility index (Phi) is 5.22. The molecule has 0 saturated carbocycles. The maximum atomic E-state index is 11.3. The number of hydrogen-bond donors (Lipinski definition) is 2. The van der Waals surface area contributed by atoms with Crippen molar-refractivity contribution in [2.45, 2.75) is 0 Å². The summed E-state index contributed by atoms with van der Waals surface area (Å²) in [5, 5.41) is 5.18. The molecule has 3 nitrogen and oxygen atoms in total. The van der Waals surface area contributed by atoms with Crippen molar-refractivity contribution in [3.8, 4) is 0 Å². The maximum absolute atomic E-state index is 11.3. The molecule has 0 saturated heterocycles. The molecule has 0 spiro atoms. The molecule has 0 aliphatic heterocycles. The zero-order valence-corrected chi connectivity index (χ0v) is 10.8. The van der Waals surface area contributed by atoms with Crippen LogP contribution in [0, 0.1) is 0 Å². The van der Waals surface area contributed by atoms with Gasteiger partial charge in [0.15, 0.2) is 0 Å². The first-order valence-electron chi connectivity index (χ1n) is 4.03. The number of carbonyl (C=O) groups excluding carboxylic acids is 1. The lowest BCUT2D eigenvalue weighted by Crippen LogP contribution is -2.26. The highest BCUT2D eigenvalue weighted by atomic mass is 35.5. The second-order valence-corrected chi connectivity index (χ2v) is 4.42. The smallest absolute Gasteiger partial charge is 0.308 e. The number of urea groups is 1. The van der Waals surface area contributed by atoms with Gasteiger partial charge in [0.25, 0.3) is 0 Å². The predicted octanol–water partition coefficient (Wildman–Crippen LogP) is 4.30. The minimum atomic E-state index is -0.550. The molecular formula is C9H6Cl4N2O. The summed E-state index contributed by atoms with van der Waals surface area (Å²) >= 11 is 21.9. The van der Waals surface area contributed by atoms with Gasteiger partial charge in [-0.2, -0.15) is 0 Å². The zero-order valence-electron chi connectivity index (χ0n) is 7.73. The van der Waals surface area contributed by atoms with Crippen LogP contribution >= 0.6 is 46.4 Å². The lowest BCUT2D eigenvalue weighted by Gasteiger charge is -2.06. The van der Waals surface area contributed by atoms with Gasteiger partial charge in [-0.3, -0.25) is 5.32 Å². The molecule has 0 radical (unpaired) electrons. The van der Waals surface area contributed by atoms with Crippen molar-refractivity contribution in [3.05, 3.63) is 38.9 Å². The topological polar surface area (TPSA) is 41.1 Å². The molecule has 0 aliphatic rings. The van der Waals surface area contributed by atoms with E-state index in [4.69, 9.17) is 46.4 Å². The molecule has 16 heavy (non-hydrogen) atoms. The summed E-state index contributed by atoms with van der Waals surface area (Å²) in [6, 6.07) is 6.02. The van der Waals surface area contributed by atoms with Crippen molar-refractivity contribution in [2.24, 2.45) is 0 Å². The van der Waals surface area contributed by atoms with Gasteiger partial charge < -0.3 is 5.32 Å². The highest BCUT2D eigenvalue weighted by Crippen LogP contribution is 2.16. The summed E-state index contributed by atoms with van der Waals surface area (Å²) in [6.45, 7) is 0. The molecule has 1 rings (SSSR count). The molecule has 86 valence electrons. The third-order valence-corrected chi connectivity index (χ3v) is 2.60. The fourth-order valence-corrected chi connectivity index (χ4v) is 1.15. The molecule has 1 aromatic carbocycles. The molecule has 0 heterocycles. The molecule has 0 atom stereocenters. The normalized spacial score (nSPS) is 9.50. The first-order valence-corrected chi connectivity index (χ1v) is 5.54. The summed E-state index contributed by atoms with van der Waals surface area (Å²) in [6.07, 6.45) is 0. The predicted molar refractivity (Wildman–Crippen MR) is 68.2 cm³/mol. The van der Waals surface area contributed by atoms with Crippen molar-refractivity contribution in [2.75, 3.05) is 5.32 Å². The minimum absolute atomic E-state index is 0.144. The molecule has 0 bridgehead atoms. The highest BCUT2D eigenvalue weighted by molar-refractivity contribution is 6.59. The summed E-state index contributed by atoms with van der Waals surface area (Å²) in [5.41, 5.74) is 0.567. The molecular weight excluding hydrogens is 294 g/mol. The fraction of sp³-hybridized carbons (Fsp3) is 0. The Morgan fingerprint density at radius 2 is 1.62 bits per heavy atom. The monoisotopic (exact) mass is 298 g/mol. The van der Waals surface area contributed by atoms with E-state index in [1.807, 2.05) is 0 Å². The van der Waals surface area contributed by atoms with E-state index in [0.29, 0.717) is 10.7 Å². The molecule has 2 N–H and O–H groups in total. The Morgan fingerprint density at radius 1 is 1.06 bits per heavy atom. The second kappa shape index (κ2) is 6.21. The highest BCUT2D eigenvalue weighted by Gasteiger charge is 2.05. The number of carbonyl (C=O) groups is 1. The van der Waals surface area contributed by atoms with Crippen LogP contribution < -0.4 is 10.6 Å². The van der Waals surface area contributed by atoms with Crippen molar-refractivity contribution < 1.29 is 4.79 Å². The van der Waals surface area contributed by atoms with Crippen molar-refractivity contribution in [1.82, 2.24) is 5.32 Å². The van der Waals surface area contributed by atoms with Gasteiger partial charge in [-0.05, 0) is 24.3 Å². The number of halogens is 4. The Bertz CT molecular complexity index is 412. The molecule has 0 unspecified atom stereocenters. The number of rotatable bonds is 2. The molecule has 0 aromatic heterocycles. The van der Waals surface area contributed by atoms with Crippen LogP contribution in [-0.4, -0.2) is 6.03 Å². The van der Waals surface area contributed by atoms with Gasteiger partial charge in [0.2, 0.25) is 0 Å². The van der Waals surface area contributed by atoms with Crippen molar-refractivity contribution in [1.29, 1.82) is 0 Å². The first kappa shape index (κ1) is 13.5. The van der Waals surface area contributed by atoms with Crippen molar-refractivity contribution >= 4 is 58.1 Å². The van der Waals surface area contributed by atoms with Crippen LogP contribution in [0.1, 0.15) is 0 Å². The van der Waals surface area contributed by atoms with E-state index in [2.05, 4.69) is 10.6 Å². The molecule has 0 fully saturated rings. The number of nitrogens with one attached hydrogen (secondary N) is 2. The Hall–Kier alpha value is -0.610. The fourth-order valence-electron chi connectivity index (χ4n) is 0.842. The van der Waals surface area contributed by atoms with Gasteiger partial charge in [0, 0.05) is 10.7 Å². The van der Waals surface area contributed by atoms with E-state index >= 15 is 0 Å². The Balaban J connectivity index is 2.59. The molecule has 7 heteroatoms. The minimum Gasteiger partial charge on any atom is -0.308 e. The van der Waals surface area contributed by atoms with Crippen LogP contribution in [0.5, 0.6) is 0 Å². The maximum Gasteiger partial charge on any atom is 0.324 e. The standard InChI is InChI=1S/C9H6Cl4N2O/c10-5-1-3-6(4-2-5)14-9(16)15-8(13)7(11)12/h1-4H,(H2,14,15,16). The Labute approximate surface area is 112 Å². The van der Waals surface area contributed by atoms with E-state index in [1.165, 1.54) is 0 Å². The number of benzene rings is 1. The van der Waals surface area contributed by atoms with Gasteiger partial charge in [-0.25, -0.2) is 4.79 Å². The van der Waals surface area contributed by atoms with Gasteiger partial charge in [-0.1, -0.05) is 46.4 Å². The van der Waals surface area contributed by atoms with Crippen LogP contribution in [-0.2, 0) is 0 Å². The summed E-state index contributed by atoms with van der Waals surface area (Å²) in [5.74, 6) is 0. The lowest BCUT2D eigenvalue weighted by atomic mass is 10.3. The number of amides is 2. The van der Waals surface area contributed by atoms with E-state index < -0.39 is 6.03 Å². The van der Waals surface area contributed by atoms with Crippen LogP contribution in [0.4, 0.5) is 10.5 Å². The van der Waals surface area contributed by atoms with E-state index in [9.17, 15) is 4.79 Å². The van der Waals surface area contributed by atoms with Gasteiger partial charge >= 0.3 is 6.03 Å². The van der Waals surface area contributed by atoms with Gasteiger partial charge in [-0.15, -0.1) is 0 Å². The van der Waals surface area contributed by atoms with Crippen LogP contribution in [0.2, 0.25) is 5.02 Å². The summed E-state index contributed by atoms with van der Waals surface area (Å²) in [4.78, 5) is 11.3. The first-order chi connectivity index (χ1) is 7.49. The van der Waals surface area contributed by atoms with E-state index in [1.54, 1.807) is 24.3 Å². The molecule has 0 aliphatic carbocycles. The third-order valence-electron chi connectivity index (χ3n) is 1.49. The zero-order chi connectivity index (χ0) is 12.1. The van der Waals surface area contributed by atoms with E-state index in [0.717, 1.165) is 0 Å². The molecule has 2 amide bonds. The third kappa shape index (κ3) is 4.49. The van der Waals surface area contributed by atoms with E-state index in [-0.39, 0.29) is 9.65 Å².